The molecule has 0 aliphatic rings. The summed E-state index contributed by atoms with van der Waals surface area (Å²) in [6, 6.07) is 15.2. The van der Waals surface area contributed by atoms with Crippen molar-refractivity contribution >= 4 is 54.9 Å². The van der Waals surface area contributed by atoms with Gasteiger partial charge in [-0.1, -0.05) is 0 Å². The van der Waals surface area contributed by atoms with Crippen LogP contribution >= 0.6 is 0 Å². The van der Waals surface area contributed by atoms with Crippen LogP contribution in [0.25, 0.3) is 0 Å². The first kappa shape index (κ1) is 35.1. The van der Waals surface area contributed by atoms with Crippen LogP contribution < -0.4 is 51.7 Å². The maximum atomic E-state index is 9.40. The molecule has 0 spiro atoms. The molecule has 0 aliphatic heterocycles. The van der Waals surface area contributed by atoms with E-state index in [1.165, 1.54) is 0 Å². The van der Waals surface area contributed by atoms with Crippen LogP contribution in [0.1, 0.15) is 0 Å². The van der Waals surface area contributed by atoms with Gasteiger partial charge in [-0.3, -0.25) is 13.7 Å². The molecular formula is C14H23N4NaO10S3. The van der Waals surface area contributed by atoms with Crippen LogP contribution in [0.2, 0.25) is 0 Å². The van der Waals surface area contributed by atoms with E-state index in [0.717, 1.165) is 22.7 Å². The Morgan fingerprint density at radius 1 is 0.844 bits per heavy atom. The minimum absolute atomic E-state index is 0. The molecule has 0 saturated carbocycles. The minimum atomic E-state index is -5.37. The summed E-state index contributed by atoms with van der Waals surface area (Å²) >= 11 is -2.61. The third kappa shape index (κ3) is 26.5. The first-order valence-corrected chi connectivity index (χ1v) is 11.4. The maximum Gasteiger partial charge on any atom is 1.00 e. The van der Waals surface area contributed by atoms with Crippen LogP contribution in [-0.4, -0.2) is 53.4 Å². The molecule has 0 atom stereocenters. The molecule has 0 radical (unpaired) electrons. The quantitative estimate of drug-likeness (QED) is 0.0719. The number of nitrogens with one attached hydrogen (secondary N) is 2. The molecule has 0 fully saturated rings. The number of anilines is 4. The van der Waals surface area contributed by atoms with E-state index in [2.05, 4.69) is 14.3 Å². The van der Waals surface area contributed by atoms with Gasteiger partial charge in [0.15, 0.2) is 0 Å². The van der Waals surface area contributed by atoms with E-state index in [-0.39, 0.29) is 29.6 Å². The average Bonchev–Trinajstić information content (AvgIpc) is 2.61. The zero-order valence-corrected chi connectivity index (χ0v) is 21.6. The van der Waals surface area contributed by atoms with Crippen molar-refractivity contribution in [2.24, 2.45) is 0 Å². The Hall–Kier alpha value is -1.51. The van der Waals surface area contributed by atoms with Crippen molar-refractivity contribution in [2.75, 3.05) is 36.2 Å². The van der Waals surface area contributed by atoms with Crippen molar-refractivity contribution in [1.82, 2.24) is 0 Å². The predicted octanol–water partition coefficient (Wildman–Crippen LogP) is -2.43. The molecule has 178 valence electrons. The molecule has 9 N–H and O–H groups in total. The zero-order valence-electron chi connectivity index (χ0n) is 17.2. The molecule has 0 aliphatic carbocycles. The fraction of sp³-hybridized carbons (Fsp3) is 0.143. The number of hydrogen-bond acceptors (Lipinski definition) is 11. The van der Waals surface area contributed by atoms with Gasteiger partial charge in [-0.2, -0.15) is 12.6 Å². The summed E-state index contributed by atoms with van der Waals surface area (Å²) < 4.78 is 79.7. The van der Waals surface area contributed by atoms with E-state index in [1.807, 2.05) is 62.6 Å². The van der Waals surface area contributed by atoms with Crippen LogP contribution in [0.4, 0.5) is 22.7 Å². The van der Waals surface area contributed by atoms with E-state index < -0.39 is 32.2 Å². The van der Waals surface area contributed by atoms with Gasteiger partial charge in [0.1, 0.15) is 0 Å². The van der Waals surface area contributed by atoms with Gasteiger partial charge < -0.3 is 26.7 Å². The van der Waals surface area contributed by atoms with Gasteiger partial charge in [0.05, 0.1) is 0 Å². The van der Waals surface area contributed by atoms with Gasteiger partial charge in [0.25, 0.3) is 11.4 Å². The third-order valence-electron chi connectivity index (χ3n) is 2.57. The number of rotatable bonds is 4. The summed E-state index contributed by atoms with van der Waals surface area (Å²) in [6.45, 7) is 0. The number of hydrogen-bond donors (Lipinski definition) is 7. The van der Waals surface area contributed by atoms with Gasteiger partial charge >= 0.3 is 40.0 Å². The van der Waals surface area contributed by atoms with Crippen molar-refractivity contribution in [3.8, 4) is 0 Å². The molecule has 14 nitrogen and oxygen atoms in total. The summed E-state index contributed by atoms with van der Waals surface area (Å²) in [7, 11) is -6.79. The van der Waals surface area contributed by atoms with Gasteiger partial charge in [-0.25, -0.2) is 8.42 Å². The van der Waals surface area contributed by atoms with Gasteiger partial charge in [-0.15, -0.1) is 3.63 Å². The van der Waals surface area contributed by atoms with Crippen molar-refractivity contribution in [3.63, 3.8) is 0 Å². The van der Waals surface area contributed by atoms with Crippen LogP contribution in [0.5, 0.6) is 0 Å². The second-order valence-electron chi connectivity index (χ2n) is 4.88. The second kappa shape index (κ2) is 18.0. The molecule has 0 saturated heterocycles. The van der Waals surface area contributed by atoms with Crippen LogP contribution in [0.3, 0.4) is 0 Å². The van der Waals surface area contributed by atoms with E-state index in [0.29, 0.717) is 0 Å². The molecule has 0 bridgehead atoms. The van der Waals surface area contributed by atoms with Crippen molar-refractivity contribution < 1.29 is 72.4 Å². The first-order valence-electron chi connectivity index (χ1n) is 7.60. The topological polar surface area (TPSA) is 254 Å². The Morgan fingerprint density at radius 2 is 1.09 bits per heavy atom. The van der Waals surface area contributed by atoms with Crippen molar-refractivity contribution in [2.45, 2.75) is 0 Å². The fourth-order valence-electron chi connectivity index (χ4n) is 1.40. The Labute approximate surface area is 211 Å². The van der Waals surface area contributed by atoms with E-state index in [9.17, 15) is 21.4 Å². The predicted molar refractivity (Wildman–Crippen MR) is 117 cm³/mol. The minimum Gasteiger partial charge on any atom is -0.725 e. The summed E-state index contributed by atoms with van der Waals surface area (Å²) in [5.74, 6) is 0. The SMILES string of the molecule is CNc1ccc(N)cc1.CNc1ccc(N)cc1.O=S(=O)([O-])OS(=O)(=O)O.O=S(O)O.[Na+]. The number of benzene rings is 2. The smallest absolute Gasteiger partial charge is 0.725 e. The summed E-state index contributed by atoms with van der Waals surface area (Å²) in [5, 5.41) is 6.00. The molecule has 0 unspecified atom stereocenters. The Bertz CT molecular complexity index is 909. The van der Waals surface area contributed by atoms with Crippen molar-refractivity contribution in [3.05, 3.63) is 48.5 Å². The Kier molecular flexibility index (Phi) is 19.7. The molecule has 0 heterocycles. The maximum absolute atomic E-state index is 9.40. The molecular weight excluding hydrogens is 503 g/mol. The molecule has 2 rings (SSSR count). The Morgan fingerprint density at radius 3 is 1.22 bits per heavy atom. The normalized spacial score (nSPS) is 9.97. The van der Waals surface area contributed by atoms with Crippen LogP contribution in [0, 0.1) is 0 Å². The van der Waals surface area contributed by atoms with Crippen LogP contribution in [-0.2, 0) is 35.8 Å². The molecule has 0 amide bonds. The van der Waals surface area contributed by atoms with Gasteiger partial charge in [0, 0.05) is 36.8 Å². The molecule has 2 aromatic carbocycles. The van der Waals surface area contributed by atoms with Crippen molar-refractivity contribution in [1.29, 1.82) is 0 Å². The van der Waals surface area contributed by atoms with Gasteiger partial charge in [-0.05, 0) is 48.5 Å². The number of nitrogen functional groups attached to an aromatic ring is 2. The Balaban J connectivity index is -0.000000359. The van der Waals surface area contributed by atoms with Gasteiger partial charge in [0.2, 0.25) is 10.4 Å². The largest absolute Gasteiger partial charge is 1.00 e. The molecule has 2 aromatic rings. The molecule has 32 heavy (non-hydrogen) atoms. The van der Waals surface area contributed by atoms with E-state index in [1.54, 1.807) is 0 Å². The third-order valence-corrected chi connectivity index (χ3v) is 3.92. The first-order chi connectivity index (χ1) is 14.1. The standard InChI is InChI=1S/2C7H10N2.Na.H2O7S2.H2O3S/c2*1-9-7-4-2-6(8)3-5-7;;1-8(2,3)7-9(4,5)6;1-4(2)3/h2*2-5,9H,8H2,1H3;;(H,1,2,3)(H,4,5,6);(H2,1,2,3)/q;;+1;;/p-1. The van der Waals surface area contributed by atoms with Crippen LogP contribution in [0.15, 0.2) is 48.5 Å². The monoisotopic (exact) mass is 526 g/mol. The summed E-state index contributed by atoms with van der Waals surface area (Å²) in [4.78, 5) is 0. The summed E-state index contributed by atoms with van der Waals surface area (Å²) in [6.07, 6.45) is 0. The van der Waals surface area contributed by atoms with E-state index in [4.69, 9.17) is 29.3 Å². The zero-order chi connectivity index (χ0) is 24.7. The number of nitrogens with two attached hydrogens (primary N) is 2. The molecule has 18 heteroatoms. The fourth-order valence-corrected chi connectivity index (χ4v) is 2.25. The average molecular weight is 527 g/mol. The second-order valence-corrected chi connectivity index (χ2v) is 7.56. The molecule has 0 aromatic heterocycles. The van der Waals surface area contributed by atoms with E-state index >= 15 is 0 Å². The summed E-state index contributed by atoms with van der Waals surface area (Å²) in [5.41, 5.74) is 14.7.